The summed E-state index contributed by atoms with van der Waals surface area (Å²) in [6.45, 7) is 2.21. The molecule has 28 heavy (non-hydrogen) atoms. The standard InChI is InChI=1S/C18H21N3O6S/c1-2-3-4-15-19-16(21(26)27)13(9-14(28)18(24)25)20(15)10-11-5-7-12(8-6-11)17(22)23/h5-8,14,28H,2-4,9-10H2,1H3,(H,22,23)(H,24,25)/t14-/m0/s1. The fraction of sp³-hybridized carbons (Fsp3) is 0.389. The molecule has 0 radical (unpaired) electrons. The second-order valence-corrected chi connectivity index (χ2v) is 6.93. The van der Waals surface area contributed by atoms with Gasteiger partial charge in [0.15, 0.2) is 0 Å². The number of carboxylic acids is 2. The van der Waals surface area contributed by atoms with Crippen molar-refractivity contribution in [2.24, 2.45) is 0 Å². The van der Waals surface area contributed by atoms with Crippen LogP contribution in [0.15, 0.2) is 24.3 Å². The smallest absolute Gasteiger partial charge is 0.385 e. The summed E-state index contributed by atoms with van der Waals surface area (Å²) in [5.74, 6) is -2.09. The van der Waals surface area contributed by atoms with Gasteiger partial charge in [0.05, 0.1) is 12.1 Å². The van der Waals surface area contributed by atoms with Crippen LogP contribution in [0.2, 0.25) is 0 Å². The predicted octanol–water partition coefficient (Wildman–Crippen LogP) is 2.81. The van der Waals surface area contributed by atoms with Crippen molar-refractivity contribution in [3.63, 3.8) is 0 Å². The second kappa shape index (κ2) is 9.36. The third-order valence-corrected chi connectivity index (χ3v) is 4.67. The first-order chi connectivity index (χ1) is 13.2. The summed E-state index contributed by atoms with van der Waals surface area (Å²) < 4.78 is 1.65. The van der Waals surface area contributed by atoms with E-state index in [1.54, 1.807) is 16.7 Å². The number of aromatic carboxylic acids is 1. The van der Waals surface area contributed by atoms with Gasteiger partial charge in [-0.25, -0.2) is 4.79 Å². The van der Waals surface area contributed by atoms with Gasteiger partial charge in [-0.3, -0.25) is 4.79 Å². The highest BCUT2D eigenvalue weighted by atomic mass is 32.1. The number of carbonyl (C=O) groups is 2. The van der Waals surface area contributed by atoms with E-state index < -0.39 is 22.1 Å². The van der Waals surface area contributed by atoms with E-state index in [4.69, 9.17) is 10.2 Å². The molecule has 10 heteroatoms. The molecule has 150 valence electrons. The molecular formula is C18H21N3O6S. The topological polar surface area (TPSA) is 136 Å². The van der Waals surface area contributed by atoms with Gasteiger partial charge >= 0.3 is 17.8 Å². The minimum atomic E-state index is -1.17. The summed E-state index contributed by atoms with van der Waals surface area (Å²) in [6, 6.07) is 6.15. The number of imidazole rings is 1. The van der Waals surface area contributed by atoms with Crippen LogP contribution >= 0.6 is 12.6 Å². The van der Waals surface area contributed by atoms with E-state index in [-0.39, 0.29) is 30.0 Å². The van der Waals surface area contributed by atoms with Crippen molar-refractivity contribution in [1.82, 2.24) is 9.55 Å². The van der Waals surface area contributed by atoms with Gasteiger partial charge in [-0.2, -0.15) is 12.6 Å². The number of nitrogens with zero attached hydrogens (tertiary/aromatic N) is 3. The number of hydrogen-bond donors (Lipinski definition) is 3. The number of aryl methyl sites for hydroxylation is 1. The lowest BCUT2D eigenvalue weighted by Gasteiger charge is -2.12. The largest absolute Gasteiger partial charge is 0.480 e. The Balaban J connectivity index is 2.48. The number of rotatable bonds is 10. The SMILES string of the molecule is CCCCc1nc([N+](=O)[O-])c(C[C@H](S)C(=O)O)n1Cc1ccc(C(=O)O)cc1. The first-order valence-electron chi connectivity index (χ1n) is 8.70. The van der Waals surface area contributed by atoms with Crippen LogP contribution in [-0.4, -0.2) is 41.9 Å². The molecule has 0 amide bonds. The van der Waals surface area contributed by atoms with Gasteiger partial charge in [-0.15, -0.1) is 0 Å². The molecule has 2 rings (SSSR count). The van der Waals surface area contributed by atoms with Crippen LogP contribution in [0.1, 0.15) is 47.2 Å². The van der Waals surface area contributed by atoms with Gasteiger partial charge in [0.25, 0.3) is 0 Å². The highest BCUT2D eigenvalue weighted by Crippen LogP contribution is 2.25. The van der Waals surface area contributed by atoms with E-state index in [0.29, 0.717) is 12.2 Å². The van der Waals surface area contributed by atoms with Crippen molar-refractivity contribution >= 4 is 30.4 Å². The van der Waals surface area contributed by atoms with E-state index in [1.807, 2.05) is 6.92 Å². The number of unbranched alkanes of at least 4 members (excludes halogenated alkanes) is 1. The van der Waals surface area contributed by atoms with Gasteiger partial charge in [-0.05, 0) is 34.0 Å². The zero-order valence-electron chi connectivity index (χ0n) is 15.2. The van der Waals surface area contributed by atoms with Gasteiger partial charge < -0.3 is 24.9 Å². The fourth-order valence-corrected chi connectivity index (χ4v) is 2.96. The summed E-state index contributed by atoms with van der Waals surface area (Å²) in [7, 11) is 0. The molecule has 0 saturated heterocycles. The number of carboxylic acid groups (broad SMARTS) is 2. The quantitative estimate of drug-likeness (QED) is 0.313. The molecule has 0 bridgehead atoms. The maximum Gasteiger partial charge on any atom is 0.385 e. The highest BCUT2D eigenvalue weighted by Gasteiger charge is 2.30. The third kappa shape index (κ3) is 5.10. The van der Waals surface area contributed by atoms with Crippen LogP contribution in [0.3, 0.4) is 0 Å². The molecule has 1 atom stereocenters. The second-order valence-electron chi connectivity index (χ2n) is 6.31. The van der Waals surface area contributed by atoms with E-state index >= 15 is 0 Å². The Kier molecular flexibility index (Phi) is 7.16. The molecule has 0 fully saturated rings. The molecule has 2 N–H and O–H groups in total. The van der Waals surface area contributed by atoms with Crippen molar-refractivity contribution in [2.45, 2.75) is 44.4 Å². The molecule has 0 unspecified atom stereocenters. The van der Waals surface area contributed by atoms with Crippen molar-refractivity contribution in [3.05, 3.63) is 57.0 Å². The zero-order valence-corrected chi connectivity index (χ0v) is 16.1. The Labute approximate surface area is 166 Å². The predicted molar refractivity (Wildman–Crippen MR) is 104 cm³/mol. The number of aromatic nitrogens is 2. The van der Waals surface area contributed by atoms with Crippen LogP contribution in [0.4, 0.5) is 5.82 Å². The summed E-state index contributed by atoms with van der Waals surface area (Å²) in [5, 5.41) is 28.5. The maximum atomic E-state index is 11.5. The normalized spacial score (nSPS) is 11.9. The number of hydrogen-bond acceptors (Lipinski definition) is 6. The molecule has 1 aromatic carbocycles. The molecule has 1 heterocycles. The third-order valence-electron chi connectivity index (χ3n) is 4.27. The Hall–Kier alpha value is -2.88. The van der Waals surface area contributed by atoms with E-state index in [0.717, 1.165) is 18.4 Å². The summed E-state index contributed by atoms with van der Waals surface area (Å²) in [4.78, 5) is 37.2. The van der Waals surface area contributed by atoms with Crippen LogP contribution in [0.5, 0.6) is 0 Å². The van der Waals surface area contributed by atoms with Crippen LogP contribution < -0.4 is 0 Å². The monoisotopic (exact) mass is 407 g/mol. The summed E-state index contributed by atoms with van der Waals surface area (Å²) in [6.07, 6.45) is 2.00. The van der Waals surface area contributed by atoms with Crippen LogP contribution in [0, 0.1) is 10.1 Å². The van der Waals surface area contributed by atoms with E-state index in [9.17, 15) is 19.7 Å². The number of benzene rings is 1. The summed E-state index contributed by atoms with van der Waals surface area (Å²) >= 11 is 4.01. The average molecular weight is 407 g/mol. The maximum absolute atomic E-state index is 11.5. The van der Waals surface area contributed by atoms with Gasteiger partial charge in [0, 0.05) is 12.8 Å². The van der Waals surface area contributed by atoms with Gasteiger partial charge in [0.1, 0.15) is 10.9 Å². The lowest BCUT2D eigenvalue weighted by molar-refractivity contribution is -0.390. The molecule has 0 saturated carbocycles. The molecule has 1 aromatic heterocycles. The minimum Gasteiger partial charge on any atom is -0.480 e. The number of nitro groups is 1. The molecule has 2 aromatic rings. The first-order valence-corrected chi connectivity index (χ1v) is 9.22. The fourth-order valence-electron chi connectivity index (χ4n) is 2.79. The van der Waals surface area contributed by atoms with Crippen molar-refractivity contribution < 1.29 is 24.7 Å². The Bertz CT molecular complexity index is 878. The molecule has 9 nitrogen and oxygen atoms in total. The molecule has 0 aliphatic rings. The highest BCUT2D eigenvalue weighted by molar-refractivity contribution is 7.81. The number of aliphatic carboxylic acids is 1. The Morgan fingerprint density at radius 2 is 1.93 bits per heavy atom. The van der Waals surface area contributed by atoms with Crippen molar-refractivity contribution in [3.8, 4) is 0 Å². The zero-order chi connectivity index (χ0) is 20.8. The van der Waals surface area contributed by atoms with Crippen LogP contribution in [-0.2, 0) is 24.2 Å². The van der Waals surface area contributed by atoms with E-state index in [1.165, 1.54) is 12.1 Å². The van der Waals surface area contributed by atoms with Crippen LogP contribution in [0.25, 0.3) is 0 Å². The first kappa shape index (κ1) is 21.4. The molecular weight excluding hydrogens is 386 g/mol. The molecule has 0 aliphatic heterocycles. The summed E-state index contributed by atoms with van der Waals surface area (Å²) in [5.41, 5.74) is 1.05. The molecule has 0 spiro atoms. The van der Waals surface area contributed by atoms with Crippen molar-refractivity contribution in [2.75, 3.05) is 0 Å². The van der Waals surface area contributed by atoms with Gasteiger partial charge in [-0.1, -0.05) is 25.5 Å². The average Bonchev–Trinajstić information content (AvgIpc) is 2.98. The Morgan fingerprint density at radius 1 is 1.29 bits per heavy atom. The van der Waals surface area contributed by atoms with Crippen molar-refractivity contribution in [1.29, 1.82) is 0 Å². The minimum absolute atomic E-state index is 0.132. The van der Waals surface area contributed by atoms with Gasteiger partial charge in [0.2, 0.25) is 5.82 Å². The Morgan fingerprint density at radius 3 is 2.43 bits per heavy atom. The molecule has 0 aliphatic carbocycles. The lowest BCUT2D eigenvalue weighted by Crippen LogP contribution is -2.20. The lowest BCUT2D eigenvalue weighted by atomic mass is 10.1. The number of thiol groups is 1. The van der Waals surface area contributed by atoms with E-state index in [2.05, 4.69) is 17.6 Å².